The first-order valence-corrected chi connectivity index (χ1v) is 9.73. The largest absolute Gasteiger partial charge is 0.490 e. The number of halogens is 3. The minimum Gasteiger partial charge on any atom is -0.490 e. The van der Waals surface area contributed by atoms with Crippen molar-refractivity contribution in [1.29, 1.82) is 0 Å². The van der Waals surface area contributed by atoms with Crippen molar-refractivity contribution < 1.29 is 9.47 Å². The Morgan fingerprint density at radius 1 is 1.19 bits per heavy atom. The third kappa shape index (κ3) is 5.28. The molecular weight excluding hydrogens is 455 g/mol. The van der Waals surface area contributed by atoms with Gasteiger partial charge in [-0.1, -0.05) is 29.3 Å². The first-order valence-electron chi connectivity index (χ1n) is 8.18. The minimum atomic E-state index is 0.296. The Hall–Kier alpha value is -1.96. The van der Waals surface area contributed by atoms with E-state index in [-0.39, 0.29) is 0 Å². The lowest BCUT2D eigenvalue weighted by Gasteiger charge is -2.16. The highest BCUT2D eigenvalue weighted by Crippen LogP contribution is 2.38. The summed E-state index contributed by atoms with van der Waals surface area (Å²) in [5, 5.41) is 10.9. The van der Waals surface area contributed by atoms with Gasteiger partial charge in [0.1, 0.15) is 12.9 Å². The molecule has 142 valence electrons. The number of H-pyrrole nitrogens is 1. The maximum atomic E-state index is 6.22. The molecule has 0 atom stereocenters. The van der Waals surface area contributed by atoms with Crippen molar-refractivity contribution in [3.8, 4) is 11.5 Å². The van der Waals surface area contributed by atoms with Gasteiger partial charge < -0.3 is 14.8 Å². The van der Waals surface area contributed by atoms with Gasteiger partial charge in [0.15, 0.2) is 11.5 Å². The zero-order valence-electron chi connectivity index (χ0n) is 14.4. The van der Waals surface area contributed by atoms with Crippen LogP contribution in [0.15, 0.2) is 41.1 Å². The highest BCUT2D eigenvalue weighted by Gasteiger charge is 2.14. The lowest BCUT2D eigenvalue weighted by molar-refractivity contribution is 0.267. The molecule has 0 unspecified atom stereocenters. The number of nitrogens with zero attached hydrogens (tertiary/aromatic N) is 2. The molecule has 6 nitrogen and oxygen atoms in total. The van der Waals surface area contributed by atoms with Gasteiger partial charge in [-0.15, -0.1) is 0 Å². The Balaban J connectivity index is 1.76. The second kappa shape index (κ2) is 9.30. The van der Waals surface area contributed by atoms with Crippen LogP contribution in [-0.2, 0) is 13.2 Å². The van der Waals surface area contributed by atoms with Crippen molar-refractivity contribution in [2.75, 3.05) is 11.9 Å². The van der Waals surface area contributed by atoms with E-state index in [1.807, 2.05) is 25.1 Å². The van der Waals surface area contributed by atoms with Gasteiger partial charge in [0.25, 0.3) is 0 Å². The summed E-state index contributed by atoms with van der Waals surface area (Å²) in [6, 6.07) is 9.21. The van der Waals surface area contributed by atoms with E-state index in [0.717, 1.165) is 15.6 Å². The van der Waals surface area contributed by atoms with E-state index in [9.17, 15) is 0 Å². The lowest BCUT2D eigenvalue weighted by Crippen LogP contribution is -2.05. The number of hydrogen-bond donors (Lipinski definition) is 2. The monoisotopic (exact) mass is 470 g/mol. The molecule has 2 N–H and O–H groups in total. The van der Waals surface area contributed by atoms with Crippen LogP contribution in [0.25, 0.3) is 0 Å². The van der Waals surface area contributed by atoms with Gasteiger partial charge in [0, 0.05) is 22.2 Å². The first kappa shape index (κ1) is 19.8. The van der Waals surface area contributed by atoms with Crippen LogP contribution in [0, 0.1) is 0 Å². The highest BCUT2D eigenvalue weighted by molar-refractivity contribution is 9.10. The van der Waals surface area contributed by atoms with E-state index in [0.29, 0.717) is 47.3 Å². The molecule has 0 amide bonds. The van der Waals surface area contributed by atoms with Gasteiger partial charge in [-0.05, 0) is 52.7 Å². The number of nitrogens with one attached hydrogen (secondary N) is 2. The number of benzene rings is 2. The second-order valence-electron chi connectivity index (χ2n) is 5.55. The molecule has 3 rings (SSSR count). The van der Waals surface area contributed by atoms with E-state index >= 15 is 0 Å². The predicted octanol–water partition coefficient (Wildman–Crippen LogP) is 5.46. The lowest BCUT2D eigenvalue weighted by atomic mass is 10.2. The van der Waals surface area contributed by atoms with E-state index < -0.39 is 0 Å². The Morgan fingerprint density at radius 3 is 2.74 bits per heavy atom. The summed E-state index contributed by atoms with van der Waals surface area (Å²) in [7, 11) is 0. The van der Waals surface area contributed by atoms with E-state index in [1.54, 1.807) is 12.1 Å². The van der Waals surface area contributed by atoms with Crippen molar-refractivity contribution in [1.82, 2.24) is 15.2 Å². The highest BCUT2D eigenvalue weighted by atomic mass is 79.9. The normalized spacial score (nSPS) is 10.7. The van der Waals surface area contributed by atoms with Crippen LogP contribution in [0.3, 0.4) is 0 Å². The quantitative estimate of drug-likeness (QED) is 0.456. The molecule has 9 heteroatoms. The summed E-state index contributed by atoms with van der Waals surface area (Å²) >= 11 is 15.7. The van der Waals surface area contributed by atoms with Gasteiger partial charge in [0.2, 0.25) is 5.95 Å². The number of ether oxygens (including phenoxy) is 2. The van der Waals surface area contributed by atoms with Gasteiger partial charge in [-0.3, -0.25) is 0 Å². The smallest absolute Gasteiger partial charge is 0.218 e. The van der Waals surface area contributed by atoms with Crippen molar-refractivity contribution >= 4 is 45.1 Å². The average molecular weight is 472 g/mol. The maximum absolute atomic E-state index is 6.22. The standard InChI is InChI=1S/C18H17BrCl2N4O2/c1-2-26-16-6-11(8-22-18-23-10-24-25-18)5-14(19)17(16)27-9-12-3-4-13(20)7-15(12)21/h3-7,10H,2,8-9H2,1H3,(H2,22,23,24,25). The van der Waals surface area contributed by atoms with Gasteiger partial charge >= 0.3 is 0 Å². The molecule has 0 spiro atoms. The van der Waals surface area contributed by atoms with Crippen molar-refractivity contribution in [2.45, 2.75) is 20.1 Å². The molecule has 0 fully saturated rings. The number of hydrogen-bond acceptors (Lipinski definition) is 5. The fourth-order valence-corrected chi connectivity index (χ4v) is 3.46. The first-order chi connectivity index (χ1) is 13.1. The summed E-state index contributed by atoms with van der Waals surface area (Å²) in [5.74, 6) is 1.86. The number of aromatic nitrogens is 3. The third-order valence-electron chi connectivity index (χ3n) is 3.63. The second-order valence-corrected chi connectivity index (χ2v) is 7.25. The summed E-state index contributed by atoms with van der Waals surface area (Å²) < 4.78 is 12.5. The van der Waals surface area contributed by atoms with Crippen LogP contribution in [0.5, 0.6) is 11.5 Å². The molecule has 0 aliphatic rings. The van der Waals surface area contributed by atoms with Crippen molar-refractivity contribution in [3.05, 3.63) is 62.3 Å². The molecule has 1 aromatic heterocycles. The fourth-order valence-electron chi connectivity index (χ4n) is 2.39. The molecule has 27 heavy (non-hydrogen) atoms. The zero-order chi connectivity index (χ0) is 19.2. The van der Waals surface area contributed by atoms with Crippen LogP contribution in [0.2, 0.25) is 10.0 Å². The molecule has 0 radical (unpaired) electrons. The molecule has 0 aliphatic heterocycles. The number of anilines is 1. The van der Waals surface area contributed by atoms with Crippen LogP contribution in [0.1, 0.15) is 18.1 Å². The van der Waals surface area contributed by atoms with E-state index in [2.05, 4.69) is 36.4 Å². The molecular formula is C18H17BrCl2N4O2. The molecule has 0 saturated heterocycles. The topological polar surface area (TPSA) is 72.1 Å². The number of aromatic amines is 1. The van der Waals surface area contributed by atoms with Crippen LogP contribution in [-0.4, -0.2) is 21.8 Å². The van der Waals surface area contributed by atoms with Crippen LogP contribution >= 0.6 is 39.1 Å². The molecule has 1 heterocycles. The average Bonchev–Trinajstić information content (AvgIpc) is 3.14. The Kier molecular flexibility index (Phi) is 6.82. The third-order valence-corrected chi connectivity index (χ3v) is 4.81. The van der Waals surface area contributed by atoms with Crippen LogP contribution in [0.4, 0.5) is 5.95 Å². The number of rotatable bonds is 8. The van der Waals surface area contributed by atoms with E-state index in [4.69, 9.17) is 32.7 Å². The van der Waals surface area contributed by atoms with Gasteiger partial charge in [0.05, 0.1) is 11.1 Å². The summed E-state index contributed by atoms with van der Waals surface area (Å²) in [6.45, 7) is 3.29. The summed E-state index contributed by atoms with van der Waals surface area (Å²) in [4.78, 5) is 4.04. The molecule has 0 bridgehead atoms. The summed E-state index contributed by atoms with van der Waals surface area (Å²) in [6.07, 6.45) is 1.45. The van der Waals surface area contributed by atoms with Gasteiger partial charge in [-0.25, -0.2) is 10.1 Å². The Labute approximate surface area is 175 Å². The fraction of sp³-hybridized carbons (Fsp3) is 0.222. The van der Waals surface area contributed by atoms with Crippen LogP contribution < -0.4 is 14.8 Å². The molecule has 2 aromatic carbocycles. The molecule has 0 saturated carbocycles. The van der Waals surface area contributed by atoms with Crippen molar-refractivity contribution in [3.63, 3.8) is 0 Å². The Morgan fingerprint density at radius 2 is 2.04 bits per heavy atom. The van der Waals surface area contributed by atoms with Crippen molar-refractivity contribution in [2.24, 2.45) is 0 Å². The zero-order valence-corrected chi connectivity index (χ0v) is 17.5. The summed E-state index contributed by atoms with van der Waals surface area (Å²) in [5.41, 5.74) is 1.84. The Bertz CT molecular complexity index is 907. The van der Waals surface area contributed by atoms with E-state index in [1.165, 1.54) is 6.33 Å². The molecule has 0 aliphatic carbocycles. The maximum Gasteiger partial charge on any atom is 0.218 e. The minimum absolute atomic E-state index is 0.296. The molecule has 3 aromatic rings. The predicted molar refractivity (Wildman–Crippen MR) is 110 cm³/mol. The SMILES string of the molecule is CCOc1cc(CNc2ncn[nH]2)cc(Br)c1OCc1ccc(Cl)cc1Cl. The van der Waals surface area contributed by atoms with Gasteiger partial charge in [-0.2, -0.15) is 5.10 Å².